The van der Waals surface area contributed by atoms with E-state index in [1.165, 1.54) is 6.26 Å². The van der Waals surface area contributed by atoms with Crippen molar-refractivity contribution < 1.29 is 8.42 Å². The molecular weight excluding hydrogens is 238 g/mol. The van der Waals surface area contributed by atoms with E-state index in [-0.39, 0.29) is 11.3 Å². The van der Waals surface area contributed by atoms with E-state index in [4.69, 9.17) is 5.73 Å². The minimum Gasteiger partial charge on any atom is -0.326 e. The lowest BCUT2D eigenvalue weighted by Gasteiger charge is -2.28. The molecule has 0 amide bonds. The summed E-state index contributed by atoms with van der Waals surface area (Å²) < 4.78 is 25.0. The van der Waals surface area contributed by atoms with Crippen molar-refractivity contribution in [2.24, 2.45) is 5.73 Å². The summed E-state index contributed by atoms with van der Waals surface area (Å²) in [7, 11) is -2.93. The summed E-state index contributed by atoms with van der Waals surface area (Å²) in [5, 5.41) is 4.05. The highest BCUT2D eigenvalue weighted by Gasteiger charge is 2.29. The highest BCUT2D eigenvalue weighted by molar-refractivity contribution is 7.91. The monoisotopic (exact) mass is 257 g/mol. The lowest BCUT2D eigenvalue weighted by atomic mass is 9.95. The van der Waals surface area contributed by atoms with Crippen LogP contribution < -0.4 is 5.73 Å². The highest BCUT2D eigenvalue weighted by Crippen LogP contribution is 2.31. The van der Waals surface area contributed by atoms with Crippen molar-refractivity contribution in [3.63, 3.8) is 0 Å². The molecule has 96 valence electrons. The van der Waals surface area contributed by atoms with Gasteiger partial charge in [-0.1, -0.05) is 6.42 Å². The molecule has 5 nitrogen and oxygen atoms in total. The second-order valence-electron chi connectivity index (χ2n) is 4.80. The molecule has 2 unspecified atom stereocenters. The molecule has 0 bridgehead atoms. The van der Waals surface area contributed by atoms with Crippen LogP contribution in [-0.2, 0) is 16.4 Å². The van der Waals surface area contributed by atoms with Gasteiger partial charge in [0.1, 0.15) is 9.84 Å². The predicted molar refractivity (Wildman–Crippen MR) is 66.3 cm³/mol. The van der Waals surface area contributed by atoms with E-state index in [1.807, 2.05) is 10.9 Å². The Morgan fingerprint density at radius 3 is 2.88 bits per heavy atom. The Morgan fingerprint density at radius 1 is 1.53 bits per heavy atom. The van der Waals surface area contributed by atoms with Crippen LogP contribution in [0.3, 0.4) is 0 Å². The van der Waals surface area contributed by atoms with Crippen molar-refractivity contribution in [3.8, 4) is 0 Å². The zero-order chi connectivity index (χ0) is 12.5. The Balaban J connectivity index is 2.12. The third kappa shape index (κ3) is 2.87. The van der Waals surface area contributed by atoms with Crippen molar-refractivity contribution in [2.45, 2.75) is 43.5 Å². The molecule has 1 aromatic rings. The Morgan fingerprint density at radius 2 is 2.29 bits per heavy atom. The Kier molecular flexibility index (Phi) is 3.53. The van der Waals surface area contributed by atoms with Gasteiger partial charge in [-0.3, -0.25) is 4.68 Å². The second kappa shape index (κ2) is 4.78. The molecule has 0 radical (unpaired) electrons. The molecule has 17 heavy (non-hydrogen) atoms. The maximum atomic E-state index is 11.6. The largest absolute Gasteiger partial charge is 0.326 e. The molecule has 0 saturated heterocycles. The maximum Gasteiger partial charge on any atom is 0.150 e. The lowest BCUT2D eigenvalue weighted by molar-refractivity contribution is 0.329. The first-order chi connectivity index (χ1) is 8.00. The summed E-state index contributed by atoms with van der Waals surface area (Å²) in [6.07, 6.45) is 8.40. The van der Waals surface area contributed by atoms with E-state index in [1.54, 1.807) is 6.20 Å². The van der Waals surface area contributed by atoms with Crippen molar-refractivity contribution in [3.05, 3.63) is 18.0 Å². The normalized spacial score (nSPS) is 26.0. The molecule has 2 N–H and O–H groups in total. The fraction of sp³-hybridized carbons (Fsp3) is 0.727. The summed E-state index contributed by atoms with van der Waals surface area (Å²) in [5.74, 6) is 0. The molecule has 1 fully saturated rings. The molecule has 1 aliphatic rings. The van der Waals surface area contributed by atoms with Crippen LogP contribution >= 0.6 is 0 Å². The van der Waals surface area contributed by atoms with Crippen molar-refractivity contribution >= 4 is 9.84 Å². The number of aromatic nitrogens is 2. The first-order valence-electron chi connectivity index (χ1n) is 5.92. The van der Waals surface area contributed by atoms with E-state index in [9.17, 15) is 8.42 Å². The van der Waals surface area contributed by atoms with Crippen LogP contribution in [0.4, 0.5) is 0 Å². The summed E-state index contributed by atoms with van der Waals surface area (Å²) in [6.45, 7) is 0.474. The molecule has 1 aromatic heterocycles. The van der Waals surface area contributed by atoms with Gasteiger partial charge in [0.2, 0.25) is 0 Å². The van der Waals surface area contributed by atoms with Gasteiger partial charge in [-0.05, 0) is 19.3 Å². The summed E-state index contributed by atoms with van der Waals surface area (Å²) in [5.41, 5.74) is 6.53. The van der Waals surface area contributed by atoms with E-state index < -0.39 is 9.84 Å². The van der Waals surface area contributed by atoms with Gasteiger partial charge < -0.3 is 5.73 Å². The van der Waals surface area contributed by atoms with Crippen molar-refractivity contribution in [1.82, 2.24) is 9.78 Å². The van der Waals surface area contributed by atoms with Crippen molar-refractivity contribution in [2.75, 3.05) is 6.26 Å². The number of nitrogens with two attached hydrogens (primary N) is 1. The van der Waals surface area contributed by atoms with E-state index in [0.717, 1.165) is 24.8 Å². The molecule has 1 saturated carbocycles. The molecule has 0 aliphatic heterocycles. The van der Waals surface area contributed by atoms with Crippen LogP contribution in [0.15, 0.2) is 12.4 Å². The van der Waals surface area contributed by atoms with Crippen LogP contribution in [0.25, 0.3) is 0 Å². The predicted octanol–water partition coefficient (Wildman–Crippen LogP) is 0.870. The zero-order valence-electron chi connectivity index (χ0n) is 10.0. The topological polar surface area (TPSA) is 78.0 Å². The molecule has 0 spiro atoms. The quantitative estimate of drug-likeness (QED) is 0.871. The molecule has 0 aromatic carbocycles. The first-order valence-corrected chi connectivity index (χ1v) is 7.88. The Hall–Kier alpha value is -0.880. The fourth-order valence-corrected chi connectivity index (χ4v) is 3.60. The van der Waals surface area contributed by atoms with Crippen LogP contribution in [0.1, 0.15) is 37.3 Å². The minimum atomic E-state index is -2.93. The summed E-state index contributed by atoms with van der Waals surface area (Å²) in [4.78, 5) is 0. The molecular formula is C11H19N3O2S. The standard InChI is InChI=1S/C11H19N3O2S/c1-17(15,16)11-4-2-3-10(5-11)14-8-9(6-12)7-13-14/h7-8,10-11H,2-6,12H2,1H3. The molecule has 1 heterocycles. The average Bonchev–Trinajstić information content (AvgIpc) is 2.76. The molecule has 2 rings (SSSR count). The smallest absolute Gasteiger partial charge is 0.150 e. The van der Waals surface area contributed by atoms with Gasteiger partial charge >= 0.3 is 0 Å². The zero-order valence-corrected chi connectivity index (χ0v) is 10.9. The minimum absolute atomic E-state index is 0.198. The van der Waals surface area contributed by atoms with Gasteiger partial charge in [0.05, 0.1) is 17.5 Å². The summed E-state index contributed by atoms with van der Waals surface area (Å²) in [6, 6.07) is 0.198. The average molecular weight is 257 g/mol. The van der Waals surface area contributed by atoms with Gasteiger partial charge in [-0.2, -0.15) is 5.10 Å². The molecule has 2 atom stereocenters. The van der Waals surface area contributed by atoms with E-state index in [0.29, 0.717) is 13.0 Å². The van der Waals surface area contributed by atoms with Crippen LogP contribution in [0, 0.1) is 0 Å². The van der Waals surface area contributed by atoms with E-state index in [2.05, 4.69) is 5.10 Å². The van der Waals surface area contributed by atoms with Gasteiger partial charge in [-0.15, -0.1) is 0 Å². The Labute approximate surface area is 102 Å². The van der Waals surface area contributed by atoms with Gasteiger partial charge in [-0.25, -0.2) is 8.42 Å². The Bertz CT molecular complexity index is 481. The summed E-state index contributed by atoms with van der Waals surface area (Å²) >= 11 is 0. The number of hydrogen-bond donors (Lipinski definition) is 1. The number of rotatable bonds is 3. The number of nitrogens with zero attached hydrogens (tertiary/aromatic N) is 2. The van der Waals surface area contributed by atoms with Gasteiger partial charge in [0, 0.05) is 24.6 Å². The molecule has 6 heteroatoms. The lowest BCUT2D eigenvalue weighted by Crippen LogP contribution is -2.29. The van der Waals surface area contributed by atoms with Crippen LogP contribution in [0.2, 0.25) is 0 Å². The number of hydrogen-bond acceptors (Lipinski definition) is 4. The van der Waals surface area contributed by atoms with Gasteiger partial charge in [0.25, 0.3) is 0 Å². The van der Waals surface area contributed by atoms with Crippen LogP contribution in [-0.4, -0.2) is 29.7 Å². The third-order valence-electron chi connectivity index (χ3n) is 3.47. The SMILES string of the molecule is CS(=O)(=O)C1CCCC(n2cc(CN)cn2)C1. The fourth-order valence-electron chi connectivity index (χ4n) is 2.43. The second-order valence-corrected chi connectivity index (χ2v) is 7.13. The van der Waals surface area contributed by atoms with E-state index >= 15 is 0 Å². The maximum absolute atomic E-state index is 11.6. The first kappa shape index (κ1) is 12.6. The number of sulfone groups is 1. The van der Waals surface area contributed by atoms with Gasteiger partial charge in [0.15, 0.2) is 0 Å². The van der Waals surface area contributed by atoms with Crippen molar-refractivity contribution in [1.29, 1.82) is 0 Å². The third-order valence-corrected chi connectivity index (χ3v) is 5.11. The highest BCUT2D eigenvalue weighted by atomic mass is 32.2. The van der Waals surface area contributed by atoms with Crippen LogP contribution in [0.5, 0.6) is 0 Å². The molecule has 1 aliphatic carbocycles.